The summed E-state index contributed by atoms with van der Waals surface area (Å²) in [5.74, 6) is 0.292. The first kappa shape index (κ1) is 17.7. The van der Waals surface area contributed by atoms with Crippen molar-refractivity contribution >= 4 is 44.4 Å². The molecule has 0 aliphatic heterocycles. The van der Waals surface area contributed by atoms with E-state index in [9.17, 15) is 10.1 Å². The van der Waals surface area contributed by atoms with Crippen LogP contribution in [-0.2, 0) is 4.79 Å². The first-order chi connectivity index (χ1) is 12.6. The first-order valence-corrected chi connectivity index (χ1v) is 8.66. The van der Waals surface area contributed by atoms with Gasteiger partial charge >= 0.3 is 0 Å². The van der Waals surface area contributed by atoms with Crippen molar-refractivity contribution in [2.45, 2.75) is 0 Å². The van der Waals surface area contributed by atoms with Crippen molar-refractivity contribution in [2.75, 3.05) is 12.4 Å². The molecule has 0 bridgehead atoms. The van der Waals surface area contributed by atoms with Gasteiger partial charge in [-0.25, -0.2) is 0 Å². The quantitative estimate of drug-likeness (QED) is 0.480. The Balaban J connectivity index is 1.98. The monoisotopic (exact) mass is 406 g/mol. The second-order valence-electron chi connectivity index (χ2n) is 5.54. The van der Waals surface area contributed by atoms with Gasteiger partial charge in [0, 0.05) is 15.5 Å². The predicted octanol–water partition coefficient (Wildman–Crippen LogP) is 5.16. The molecule has 0 aromatic heterocycles. The maximum atomic E-state index is 12.5. The van der Waals surface area contributed by atoms with Gasteiger partial charge in [-0.3, -0.25) is 4.79 Å². The fourth-order valence-electron chi connectivity index (χ4n) is 2.67. The SMILES string of the molecule is COc1ccc(/C=C(/C#N)C(=O)Nc2cccc(Br)c2)c2ccccc12. The number of anilines is 1. The van der Waals surface area contributed by atoms with Crippen molar-refractivity contribution in [3.63, 3.8) is 0 Å². The third-order valence-corrected chi connectivity index (χ3v) is 4.38. The number of hydrogen-bond acceptors (Lipinski definition) is 3. The molecule has 0 heterocycles. The minimum absolute atomic E-state index is 0.0281. The highest BCUT2D eigenvalue weighted by Gasteiger charge is 2.12. The van der Waals surface area contributed by atoms with Crippen molar-refractivity contribution in [1.82, 2.24) is 0 Å². The highest BCUT2D eigenvalue weighted by molar-refractivity contribution is 9.10. The molecule has 5 heteroatoms. The van der Waals surface area contributed by atoms with Gasteiger partial charge in [0.2, 0.25) is 0 Å². The summed E-state index contributed by atoms with van der Waals surface area (Å²) in [5, 5.41) is 14.0. The zero-order valence-electron chi connectivity index (χ0n) is 14.0. The third-order valence-electron chi connectivity index (χ3n) is 3.89. The summed E-state index contributed by atoms with van der Waals surface area (Å²) < 4.78 is 6.23. The number of nitriles is 1. The van der Waals surface area contributed by atoms with Gasteiger partial charge in [-0.2, -0.15) is 5.26 Å². The number of methoxy groups -OCH3 is 1. The zero-order chi connectivity index (χ0) is 18.5. The van der Waals surface area contributed by atoms with Crippen LogP contribution in [0.2, 0.25) is 0 Å². The highest BCUT2D eigenvalue weighted by atomic mass is 79.9. The van der Waals surface area contributed by atoms with Crippen LogP contribution in [0.25, 0.3) is 16.8 Å². The van der Waals surface area contributed by atoms with E-state index in [1.807, 2.05) is 54.6 Å². The van der Waals surface area contributed by atoms with E-state index in [1.165, 1.54) is 0 Å². The number of benzene rings is 3. The number of nitrogens with one attached hydrogen (secondary N) is 1. The lowest BCUT2D eigenvalue weighted by atomic mass is 10.0. The summed E-state index contributed by atoms with van der Waals surface area (Å²) in [7, 11) is 1.61. The highest BCUT2D eigenvalue weighted by Crippen LogP contribution is 2.29. The summed E-state index contributed by atoms with van der Waals surface area (Å²) >= 11 is 3.36. The fourth-order valence-corrected chi connectivity index (χ4v) is 3.07. The molecule has 0 aliphatic carbocycles. The lowest BCUT2D eigenvalue weighted by Gasteiger charge is -2.09. The van der Waals surface area contributed by atoms with Gasteiger partial charge in [0.15, 0.2) is 0 Å². The van der Waals surface area contributed by atoms with E-state index in [0.29, 0.717) is 5.69 Å². The Bertz CT molecular complexity index is 1050. The lowest BCUT2D eigenvalue weighted by molar-refractivity contribution is -0.112. The number of nitrogens with zero attached hydrogens (tertiary/aromatic N) is 1. The number of carbonyl (C=O) groups excluding carboxylic acids is 1. The van der Waals surface area contributed by atoms with Gasteiger partial charge in [0.05, 0.1) is 7.11 Å². The number of ether oxygens (including phenoxy) is 1. The Morgan fingerprint density at radius 1 is 1.12 bits per heavy atom. The third kappa shape index (κ3) is 3.76. The zero-order valence-corrected chi connectivity index (χ0v) is 15.6. The average molecular weight is 407 g/mol. The van der Waals surface area contributed by atoms with Crippen molar-refractivity contribution in [1.29, 1.82) is 5.26 Å². The van der Waals surface area contributed by atoms with Gasteiger partial charge in [-0.15, -0.1) is 0 Å². The van der Waals surface area contributed by atoms with Crippen molar-refractivity contribution < 1.29 is 9.53 Å². The number of halogens is 1. The maximum absolute atomic E-state index is 12.5. The second kappa shape index (κ2) is 7.85. The van der Waals surface area contributed by atoms with Gasteiger partial charge in [0.25, 0.3) is 5.91 Å². The van der Waals surface area contributed by atoms with Crippen LogP contribution in [0, 0.1) is 11.3 Å². The van der Waals surface area contributed by atoms with Crippen LogP contribution >= 0.6 is 15.9 Å². The molecule has 4 nitrogen and oxygen atoms in total. The largest absolute Gasteiger partial charge is 0.496 e. The Morgan fingerprint density at radius 2 is 1.88 bits per heavy atom. The molecule has 0 fully saturated rings. The molecular formula is C21H15BrN2O2. The molecule has 0 saturated heterocycles. The van der Waals surface area contributed by atoms with Gasteiger partial charge in [-0.1, -0.05) is 52.3 Å². The number of amides is 1. The molecule has 1 amide bonds. The van der Waals surface area contributed by atoms with Crippen molar-refractivity contribution in [2.24, 2.45) is 0 Å². The molecule has 0 spiro atoms. The van der Waals surface area contributed by atoms with Crippen LogP contribution < -0.4 is 10.1 Å². The Hall–Kier alpha value is -3.10. The standard InChI is InChI=1S/C21H15BrN2O2/c1-26-20-10-9-14(18-7-2-3-8-19(18)20)11-15(13-23)21(25)24-17-6-4-5-16(22)12-17/h2-12H,1H3,(H,24,25)/b15-11-. The molecular weight excluding hydrogens is 392 g/mol. The Morgan fingerprint density at radius 3 is 2.58 bits per heavy atom. The van der Waals surface area contributed by atoms with Crippen molar-refractivity contribution in [3.8, 4) is 11.8 Å². The summed E-state index contributed by atoms with van der Waals surface area (Å²) in [5.41, 5.74) is 1.42. The maximum Gasteiger partial charge on any atom is 0.266 e. The molecule has 3 aromatic rings. The van der Waals surface area contributed by atoms with Gasteiger partial charge in [0.1, 0.15) is 17.4 Å². The average Bonchev–Trinajstić information content (AvgIpc) is 2.66. The first-order valence-electron chi connectivity index (χ1n) is 7.87. The van der Waals surface area contributed by atoms with Crippen LogP contribution in [0.1, 0.15) is 5.56 Å². The van der Waals surface area contributed by atoms with Crippen LogP contribution in [0.3, 0.4) is 0 Å². The minimum Gasteiger partial charge on any atom is -0.496 e. The van der Waals surface area contributed by atoms with Crippen LogP contribution in [0.15, 0.2) is 70.7 Å². The van der Waals surface area contributed by atoms with E-state index in [4.69, 9.17) is 4.74 Å². The molecule has 3 rings (SSSR count). The number of carbonyl (C=O) groups is 1. The van der Waals surface area contributed by atoms with Gasteiger partial charge in [-0.05, 0) is 41.3 Å². The predicted molar refractivity (Wildman–Crippen MR) is 107 cm³/mol. The molecule has 0 atom stereocenters. The molecule has 1 N–H and O–H groups in total. The Labute approximate surface area is 159 Å². The lowest BCUT2D eigenvalue weighted by Crippen LogP contribution is -2.13. The van der Waals surface area contributed by atoms with Crippen LogP contribution in [0.5, 0.6) is 5.75 Å². The van der Waals surface area contributed by atoms with Gasteiger partial charge < -0.3 is 10.1 Å². The molecule has 26 heavy (non-hydrogen) atoms. The molecule has 128 valence electrons. The summed E-state index contributed by atoms with van der Waals surface area (Å²) in [4.78, 5) is 12.5. The fraction of sp³-hybridized carbons (Fsp3) is 0.0476. The number of rotatable bonds is 4. The topological polar surface area (TPSA) is 62.1 Å². The van der Waals surface area contributed by atoms with Crippen molar-refractivity contribution in [3.05, 3.63) is 76.3 Å². The van der Waals surface area contributed by atoms with Crippen LogP contribution in [-0.4, -0.2) is 13.0 Å². The minimum atomic E-state index is -0.453. The summed E-state index contributed by atoms with van der Waals surface area (Å²) in [6.07, 6.45) is 1.59. The van der Waals surface area contributed by atoms with E-state index >= 15 is 0 Å². The van der Waals surface area contributed by atoms with E-state index < -0.39 is 5.91 Å². The van der Waals surface area contributed by atoms with E-state index in [0.717, 1.165) is 26.6 Å². The van der Waals surface area contributed by atoms with E-state index in [1.54, 1.807) is 25.3 Å². The second-order valence-corrected chi connectivity index (χ2v) is 6.45. The van der Waals surface area contributed by atoms with E-state index in [-0.39, 0.29) is 5.57 Å². The summed E-state index contributed by atoms with van der Waals surface area (Å²) in [6.45, 7) is 0. The smallest absolute Gasteiger partial charge is 0.266 e. The molecule has 0 saturated carbocycles. The van der Waals surface area contributed by atoms with Crippen LogP contribution in [0.4, 0.5) is 5.69 Å². The molecule has 3 aromatic carbocycles. The Kier molecular flexibility index (Phi) is 5.35. The summed E-state index contributed by atoms with van der Waals surface area (Å²) in [6, 6.07) is 20.6. The van der Waals surface area contributed by atoms with E-state index in [2.05, 4.69) is 21.2 Å². The normalized spacial score (nSPS) is 11.0. The number of hydrogen-bond donors (Lipinski definition) is 1. The molecule has 0 unspecified atom stereocenters. The molecule has 0 aliphatic rings. The molecule has 0 radical (unpaired) electrons. The number of fused-ring (bicyclic) bond motifs is 1.